The SMILES string of the molecule is CCn1c(=O)[nH]c(=O)c2c(C(F)(F)F)cc(-c3cccs3)nc21. The van der Waals surface area contributed by atoms with Crippen molar-refractivity contribution < 1.29 is 13.2 Å². The van der Waals surface area contributed by atoms with Gasteiger partial charge in [0.1, 0.15) is 0 Å². The maximum atomic E-state index is 13.4. The van der Waals surface area contributed by atoms with Gasteiger partial charge >= 0.3 is 11.9 Å². The predicted molar refractivity (Wildman–Crippen MR) is 80.6 cm³/mol. The van der Waals surface area contributed by atoms with Crippen LogP contribution in [0.2, 0.25) is 0 Å². The minimum absolute atomic E-state index is 0.0759. The van der Waals surface area contributed by atoms with E-state index in [2.05, 4.69) is 4.98 Å². The summed E-state index contributed by atoms with van der Waals surface area (Å²) in [6, 6.07) is 4.15. The number of alkyl halides is 3. The summed E-state index contributed by atoms with van der Waals surface area (Å²) in [5, 5.41) is 1.08. The van der Waals surface area contributed by atoms with E-state index in [0.717, 1.165) is 10.6 Å². The Kier molecular flexibility index (Phi) is 3.59. The molecule has 0 saturated carbocycles. The molecule has 0 bridgehead atoms. The first-order valence-electron chi connectivity index (χ1n) is 6.62. The molecule has 23 heavy (non-hydrogen) atoms. The zero-order valence-electron chi connectivity index (χ0n) is 11.8. The van der Waals surface area contributed by atoms with Gasteiger partial charge in [-0.1, -0.05) is 6.07 Å². The van der Waals surface area contributed by atoms with Crippen LogP contribution in [0.15, 0.2) is 33.2 Å². The fraction of sp³-hybridized carbons (Fsp3) is 0.214. The van der Waals surface area contributed by atoms with Crippen LogP contribution < -0.4 is 11.2 Å². The third-order valence-electron chi connectivity index (χ3n) is 3.34. The predicted octanol–water partition coefficient (Wildman–Crippen LogP) is 2.85. The zero-order chi connectivity index (χ0) is 16.8. The van der Waals surface area contributed by atoms with Crippen molar-refractivity contribution in [2.24, 2.45) is 0 Å². The summed E-state index contributed by atoms with van der Waals surface area (Å²) in [6.45, 7) is 1.68. The van der Waals surface area contributed by atoms with E-state index in [9.17, 15) is 22.8 Å². The summed E-state index contributed by atoms with van der Waals surface area (Å²) in [4.78, 5) is 30.3. The highest BCUT2D eigenvalue weighted by Crippen LogP contribution is 2.36. The Morgan fingerprint density at radius 3 is 2.65 bits per heavy atom. The number of hydrogen-bond donors (Lipinski definition) is 1. The number of halogens is 3. The summed E-state index contributed by atoms with van der Waals surface area (Å²) < 4.78 is 41.2. The van der Waals surface area contributed by atoms with Crippen molar-refractivity contribution in [2.45, 2.75) is 19.6 Å². The molecule has 0 aliphatic carbocycles. The van der Waals surface area contributed by atoms with Crippen LogP contribution in [0.3, 0.4) is 0 Å². The number of H-pyrrole nitrogens is 1. The number of hydrogen-bond acceptors (Lipinski definition) is 4. The lowest BCUT2D eigenvalue weighted by Gasteiger charge is -2.13. The molecule has 0 spiro atoms. The van der Waals surface area contributed by atoms with E-state index in [1.54, 1.807) is 24.4 Å². The lowest BCUT2D eigenvalue weighted by molar-refractivity contribution is -0.136. The maximum Gasteiger partial charge on any atom is 0.417 e. The van der Waals surface area contributed by atoms with E-state index in [-0.39, 0.29) is 17.9 Å². The Bertz CT molecular complexity index is 987. The second-order valence-corrected chi connectivity index (χ2v) is 5.68. The van der Waals surface area contributed by atoms with Gasteiger partial charge < -0.3 is 0 Å². The Morgan fingerprint density at radius 1 is 1.35 bits per heavy atom. The molecule has 0 radical (unpaired) electrons. The quantitative estimate of drug-likeness (QED) is 0.779. The molecule has 0 fully saturated rings. The second kappa shape index (κ2) is 5.34. The van der Waals surface area contributed by atoms with Gasteiger partial charge in [0.25, 0.3) is 5.56 Å². The highest BCUT2D eigenvalue weighted by molar-refractivity contribution is 7.13. The number of nitrogens with one attached hydrogen (secondary N) is 1. The summed E-state index contributed by atoms with van der Waals surface area (Å²) in [6.07, 6.45) is -4.74. The molecular formula is C14H10F3N3O2S. The molecule has 5 nitrogen and oxygen atoms in total. The van der Waals surface area contributed by atoms with Crippen molar-refractivity contribution in [3.8, 4) is 10.6 Å². The van der Waals surface area contributed by atoms with Gasteiger partial charge in [0.15, 0.2) is 5.65 Å². The van der Waals surface area contributed by atoms with Gasteiger partial charge in [-0.2, -0.15) is 13.2 Å². The molecule has 0 aliphatic heterocycles. The van der Waals surface area contributed by atoms with Gasteiger partial charge in [0.2, 0.25) is 0 Å². The summed E-state index contributed by atoms with van der Waals surface area (Å²) in [7, 11) is 0. The molecule has 0 unspecified atom stereocenters. The lowest BCUT2D eigenvalue weighted by atomic mass is 10.1. The molecule has 0 aromatic carbocycles. The zero-order valence-corrected chi connectivity index (χ0v) is 12.6. The van der Waals surface area contributed by atoms with Crippen molar-refractivity contribution >= 4 is 22.4 Å². The smallest absolute Gasteiger partial charge is 0.278 e. The molecule has 0 amide bonds. The number of aromatic nitrogens is 3. The first-order valence-corrected chi connectivity index (χ1v) is 7.50. The number of pyridine rings is 1. The monoisotopic (exact) mass is 341 g/mol. The third-order valence-corrected chi connectivity index (χ3v) is 4.24. The second-order valence-electron chi connectivity index (χ2n) is 4.73. The van der Waals surface area contributed by atoms with Crippen LogP contribution in [-0.2, 0) is 12.7 Å². The minimum Gasteiger partial charge on any atom is -0.278 e. The highest BCUT2D eigenvalue weighted by Gasteiger charge is 2.35. The fourth-order valence-electron chi connectivity index (χ4n) is 2.34. The number of rotatable bonds is 2. The molecular weight excluding hydrogens is 331 g/mol. The third kappa shape index (κ3) is 2.56. The van der Waals surface area contributed by atoms with Crippen LogP contribution in [0.4, 0.5) is 13.2 Å². The number of aryl methyl sites for hydroxylation is 1. The summed E-state index contributed by atoms with van der Waals surface area (Å²) in [5.41, 5.74) is -3.16. The van der Waals surface area contributed by atoms with Crippen LogP contribution in [0, 0.1) is 0 Å². The van der Waals surface area contributed by atoms with Gasteiger partial charge in [-0.25, -0.2) is 9.78 Å². The van der Waals surface area contributed by atoms with Crippen molar-refractivity contribution in [3.05, 3.63) is 50.0 Å². The Hall–Kier alpha value is -2.42. The Labute approximate surface area is 131 Å². The van der Waals surface area contributed by atoms with Gasteiger partial charge in [-0.15, -0.1) is 11.3 Å². The number of nitrogens with zero attached hydrogens (tertiary/aromatic N) is 2. The van der Waals surface area contributed by atoms with Crippen LogP contribution >= 0.6 is 11.3 Å². The van der Waals surface area contributed by atoms with Crippen LogP contribution in [0.1, 0.15) is 12.5 Å². The molecule has 3 rings (SSSR count). The van der Waals surface area contributed by atoms with Gasteiger partial charge in [-0.3, -0.25) is 14.3 Å². The van der Waals surface area contributed by atoms with E-state index in [0.29, 0.717) is 4.88 Å². The number of thiophene rings is 1. The summed E-state index contributed by atoms with van der Waals surface area (Å²) in [5.74, 6) is 0. The Balaban J connectivity index is 2.53. The molecule has 0 aliphatic rings. The van der Waals surface area contributed by atoms with Crippen molar-refractivity contribution in [1.29, 1.82) is 0 Å². The van der Waals surface area contributed by atoms with E-state index in [4.69, 9.17) is 0 Å². The van der Waals surface area contributed by atoms with Crippen molar-refractivity contribution in [2.75, 3.05) is 0 Å². The first kappa shape index (κ1) is 15.5. The molecule has 3 heterocycles. The topological polar surface area (TPSA) is 67.8 Å². The van der Waals surface area contributed by atoms with Crippen molar-refractivity contribution in [1.82, 2.24) is 14.5 Å². The molecule has 1 N–H and O–H groups in total. The largest absolute Gasteiger partial charge is 0.417 e. The van der Waals surface area contributed by atoms with Gasteiger partial charge in [-0.05, 0) is 24.4 Å². The molecule has 3 aromatic heterocycles. The van der Waals surface area contributed by atoms with Gasteiger partial charge in [0, 0.05) is 6.54 Å². The van der Waals surface area contributed by atoms with Gasteiger partial charge in [0.05, 0.1) is 21.5 Å². The van der Waals surface area contributed by atoms with E-state index in [1.807, 2.05) is 4.98 Å². The van der Waals surface area contributed by atoms with Crippen LogP contribution in [0.5, 0.6) is 0 Å². The summed E-state index contributed by atoms with van der Waals surface area (Å²) >= 11 is 1.22. The highest BCUT2D eigenvalue weighted by atomic mass is 32.1. The van der Waals surface area contributed by atoms with Crippen LogP contribution in [0.25, 0.3) is 21.6 Å². The van der Waals surface area contributed by atoms with E-state index in [1.165, 1.54) is 11.3 Å². The molecule has 120 valence electrons. The van der Waals surface area contributed by atoms with Crippen molar-refractivity contribution in [3.63, 3.8) is 0 Å². The van der Waals surface area contributed by atoms with E-state index >= 15 is 0 Å². The molecule has 0 saturated heterocycles. The standard InChI is InChI=1S/C14H10F3N3O2S/c1-2-20-11-10(12(21)19-13(20)22)7(14(15,16)17)6-8(18-11)9-4-3-5-23-9/h3-6H,2H2,1H3,(H,19,21,22). The number of aromatic amines is 1. The molecule has 0 atom stereocenters. The first-order chi connectivity index (χ1) is 10.8. The molecule has 3 aromatic rings. The maximum absolute atomic E-state index is 13.4. The Morgan fingerprint density at radius 2 is 2.09 bits per heavy atom. The fourth-order valence-corrected chi connectivity index (χ4v) is 3.03. The average molecular weight is 341 g/mol. The molecule has 9 heteroatoms. The lowest BCUT2D eigenvalue weighted by Crippen LogP contribution is -2.32. The average Bonchev–Trinajstić information content (AvgIpc) is 2.99. The van der Waals surface area contributed by atoms with E-state index < -0.39 is 28.4 Å². The minimum atomic E-state index is -4.74. The number of fused-ring (bicyclic) bond motifs is 1. The van der Waals surface area contributed by atoms with Crippen LogP contribution in [-0.4, -0.2) is 14.5 Å². The normalized spacial score (nSPS) is 12.0.